The Morgan fingerprint density at radius 1 is 1.21 bits per heavy atom. The fourth-order valence-electron chi connectivity index (χ4n) is 4.38. The van der Waals surface area contributed by atoms with Crippen molar-refractivity contribution in [3.05, 3.63) is 53.9 Å². The number of aromatic nitrogens is 1. The molecule has 0 saturated carbocycles. The summed E-state index contributed by atoms with van der Waals surface area (Å²) in [7, 11) is 2.21. The molecular weight excluding hydrogens is 380 g/mol. The summed E-state index contributed by atoms with van der Waals surface area (Å²) < 4.78 is 0.565. The molecule has 4 aliphatic rings. The summed E-state index contributed by atoms with van der Waals surface area (Å²) in [5.74, 6) is 0. The standard InChI is InChI=1S/C22H29N6S/c1-26-11-6-14-27-13-4-2-3-8-20-17-28(25-20,15-7-12-26)22(29-18-23)21-10-5-9-19(16-27)24-21/h2-5,8-10,22H,6-7,11-17H2,1H3/q+1. The van der Waals surface area contributed by atoms with Crippen molar-refractivity contribution in [3.8, 4) is 5.40 Å². The van der Waals surface area contributed by atoms with Crippen molar-refractivity contribution >= 4 is 17.5 Å². The molecule has 0 aliphatic carbocycles. The lowest BCUT2D eigenvalue weighted by atomic mass is 10.1. The minimum absolute atomic E-state index is 0.0859. The van der Waals surface area contributed by atoms with Crippen LogP contribution in [0, 0.1) is 10.7 Å². The van der Waals surface area contributed by atoms with E-state index in [-0.39, 0.29) is 5.37 Å². The van der Waals surface area contributed by atoms with E-state index in [4.69, 9.17) is 10.1 Å². The Morgan fingerprint density at radius 3 is 2.93 bits per heavy atom. The first kappa shape index (κ1) is 20.3. The molecule has 5 heterocycles. The third-order valence-electron chi connectivity index (χ3n) is 5.83. The molecule has 152 valence electrons. The summed E-state index contributed by atoms with van der Waals surface area (Å²) in [6, 6.07) is 6.26. The summed E-state index contributed by atoms with van der Waals surface area (Å²) in [5, 5.41) is 16.8. The number of thiocyanates is 1. The van der Waals surface area contributed by atoms with E-state index in [0.717, 1.165) is 75.8 Å². The zero-order valence-corrected chi connectivity index (χ0v) is 17.9. The molecule has 1 aromatic rings. The highest BCUT2D eigenvalue weighted by Crippen LogP contribution is 2.42. The van der Waals surface area contributed by atoms with Gasteiger partial charge in [-0.25, -0.2) is 4.98 Å². The monoisotopic (exact) mass is 409 g/mol. The summed E-state index contributed by atoms with van der Waals surface area (Å²) in [4.78, 5) is 9.89. The lowest BCUT2D eigenvalue weighted by molar-refractivity contribution is -0.956. The van der Waals surface area contributed by atoms with Gasteiger partial charge in [-0.2, -0.15) is 9.85 Å². The van der Waals surface area contributed by atoms with Gasteiger partial charge in [0.25, 0.3) is 0 Å². The van der Waals surface area contributed by atoms with Crippen LogP contribution in [0.3, 0.4) is 0 Å². The second kappa shape index (κ2) is 9.23. The van der Waals surface area contributed by atoms with Crippen LogP contribution in [-0.2, 0) is 6.54 Å². The number of thioether (sulfide) groups is 1. The van der Waals surface area contributed by atoms with Gasteiger partial charge in [0, 0.05) is 44.4 Å². The maximum Gasteiger partial charge on any atom is 0.216 e. The second-order valence-corrected chi connectivity index (χ2v) is 8.97. The van der Waals surface area contributed by atoms with Crippen LogP contribution in [0.5, 0.6) is 0 Å². The van der Waals surface area contributed by atoms with Crippen molar-refractivity contribution in [2.45, 2.75) is 24.8 Å². The predicted octanol–water partition coefficient (Wildman–Crippen LogP) is 3.13. The second-order valence-electron chi connectivity index (χ2n) is 8.11. The highest BCUT2D eigenvalue weighted by atomic mass is 32.2. The van der Waals surface area contributed by atoms with Crippen molar-refractivity contribution in [1.82, 2.24) is 14.8 Å². The molecule has 6 nitrogen and oxygen atoms in total. The molecule has 0 saturated heterocycles. The third kappa shape index (κ3) is 4.78. The Bertz CT molecular complexity index is 857. The lowest BCUT2D eigenvalue weighted by Gasteiger charge is -2.43. The molecule has 0 amide bonds. The molecule has 0 fully saturated rings. The first-order chi connectivity index (χ1) is 14.2. The highest BCUT2D eigenvalue weighted by molar-refractivity contribution is 8.03. The van der Waals surface area contributed by atoms with Crippen LogP contribution in [-0.4, -0.2) is 71.4 Å². The molecule has 7 heteroatoms. The van der Waals surface area contributed by atoms with E-state index in [9.17, 15) is 5.26 Å². The Kier molecular flexibility index (Phi) is 6.46. The van der Waals surface area contributed by atoms with E-state index in [1.807, 2.05) is 0 Å². The average molecular weight is 410 g/mol. The smallest absolute Gasteiger partial charge is 0.216 e. The number of nitriles is 1. The normalized spacial score (nSPS) is 30.4. The minimum atomic E-state index is -0.0859. The van der Waals surface area contributed by atoms with Crippen LogP contribution < -0.4 is 0 Å². The zero-order valence-electron chi connectivity index (χ0n) is 17.1. The van der Waals surface area contributed by atoms with Gasteiger partial charge in [0.15, 0.2) is 12.3 Å². The van der Waals surface area contributed by atoms with Gasteiger partial charge in [-0.3, -0.25) is 4.90 Å². The van der Waals surface area contributed by atoms with Gasteiger partial charge < -0.3 is 4.90 Å². The number of nitrogens with zero attached hydrogens (tertiary/aromatic N) is 6. The largest absolute Gasteiger partial charge is 0.306 e. The van der Waals surface area contributed by atoms with Crippen molar-refractivity contribution < 1.29 is 4.59 Å². The first-order valence-corrected chi connectivity index (χ1v) is 11.3. The SMILES string of the molecule is CN1CCCN2CC=CC=CC3=N[N+](CCC1)(C3)C(SC#N)c1cccc(n1)C2. The molecule has 29 heavy (non-hydrogen) atoms. The van der Waals surface area contributed by atoms with E-state index in [1.165, 1.54) is 11.8 Å². The van der Waals surface area contributed by atoms with Gasteiger partial charge in [0.1, 0.15) is 17.6 Å². The highest BCUT2D eigenvalue weighted by Gasteiger charge is 2.47. The molecular formula is C22H29N6S+. The Morgan fingerprint density at radius 2 is 2.07 bits per heavy atom. The van der Waals surface area contributed by atoms with E-state index in [2.05, 4.69) is 64.8 Å². The molecule has 3 atom stereocenters. The fourth-order valence-corrected chi connectivity index (χ4v) is 5.16. The number of quaternary nitrogens is 1. The average Bonchev–Trinajstić information content (AvgIpc) is 2.68. The third-order valence-corrected chi connectivity index (χ3v) is 6.79. The molecule has 3 unspecified atom stereocenters. The Labute approximate surface area is 177 Å². The van der Waals surface area contributed by atoms with Gasteiger partial charge in [-0.05, 0) is 38.2 Å². The Balaban J connectivity index is 1.79. The maximum absolute atomic E-state index is 9.56. The molecule has 0 aromatic carbocycles. The maximum atomic E-state index is 9.56. The number of allylic oxidation sites excluding steroid dienone is 2. The summed E-state index contributed by atoms with van der Waals surface area (Å²) in [6.07, 6.45) is 10.8. The number of rotatable bonds is 1. The van der Waals surface area contributed by atoms with E-state index < -0.39 is 0 Å². The van der Waals surface area contributed by atoms with E-state index in [0.29, 0.717) is 4.59 Å². The van der Waals surface area contributed by atoms with Crippen LogP contribution in [0.2, 0.25) is 0 Å². The molecule has 5 rings (SSSR count). The van der Waals surface area contributed by atoms with Crippen LogP contribution in [0.25, 0.3) is 0 Å². The first-order valence-electron chi connectivity index (χ1n) is 10.4. The predicted molar refractivity (Wildman–Crippen MR) is 118 cm³/mol. The molecule has 4 aliphatic heterocycles. The van der Waals surface area contributed by atoms with Crippen LogP contribution in [0.15, 0.2) is 47.6 Å². The minimum Gasteiger partial charge on any atom is -0.306 e. The number of pyridine rings is 1. The van der Waals surface area contributed by atoms with E-state index in [1.54, 1.807) is 0 Å². The molecule has 1 spiro atoms. The van der Waals surface area contributed by atoms with Crippen LogP contribution in [0.4, 0.5) is 0 Å². The topological polar surface area (TPSA) is 55.5 Å². The summed E-state index contributed by atoms with van der Waals surface area (Å²) in [5.41, 5.74) is 3.14. The quantitative estimate of drug-likeness (QED) is 0.527. The summed E-state index contributed by atoms with van der Waals surface area (Å²) >= 11 is 1.30. The summed E-state index contributed by atoms with van der Waals surface area (Å²) in [6.45, 7) is 6.71. The van der Waals surface area contributed by atoms with Crippen molar-refractivity contribution in [2.24, 2.45) is 5.10 Å². The van der Waals surface area contributed by atoms with Gasteiger partial charge in [-0.15, -0.1) is 0 Å². The van der Waals surface area contributed by atoms with Crippen LogP contribution >= 0.6 is 11.8 Å². The lowest BCUT2D eigenvalue weighted by Crippen LogP contribution is -2.56. The fraction of sp³-hybridized carbons (Fsp3) is 0.500. The number of fused-ring (bicyclic) bond motifs is 2. The molecule has 5 bridgehead atoms. The van der Waals surface area contributed by atoms with Crippen molar-refractivity contribution in [3.63, 3.8) is 0 Å². The van der Waals surface area contributed by atoms with Gasteiger partial charge in [0.2, 0.25) is 5.37 Å². The van der Waals surface area contributed by atoms with E-state index >= 15 is 0 Å². The van der Waals surface area contributed by atoms with Crippen LogP contribution in [0.1, 0.15) is 29.6 Å². The molecule has 0 radical (unpaired) electrons. The number of hydrogen-bond donors (Lipinski definition) is 0. The van der Waals surface area contributed by atoms with Gasteiger partial charge >= 0.3 is 0 Å². The zero-order chi connectivity index (χ0) is 20.1. The molecule has 1 aromatic heterocycles. The Hall–Kier alpha value is -1.98. The van der Waals surface area contributed by atoms with Crippen molar-refractivity contribution in [2.75, 3.05) is 46.3 Å². The number of hydrogen-bond acceptors (Lipinski definition) is 6. The van der Waals surface area contributed by atoms with Gasteiger partial charge in [-0.1, -0.05) is 29.4 Å². The molecule has 0 N–H and O–H groups in total. The van der Waals surface area contributed by atoms with Gasteiger partial charge in [0.05, 0.1) is 5.69 Å². The van der Waals surface area contributed by atoms with Crippen molar-refractivity contribution in [1.29, 1.82) is 5.26 Å².